The predicted molar refractivity (Wildman–Crippen MR) is 82.8 cm³/mol. The third kappa shape index (κ3) is 3.95. The van der Waals surface area contributed by atoms with Crippen LogP contribution in [-0.2, 0) is 14.3 Å². The van der Waals surface area contributed by atoms with E-state index in [1.807, 2.05) is 0 Å². The molecule has 0 radical (unpaired) electrons. The minimum Gasteiger partial charge on any atom is -0.349 e. The van der Waals surface area contributed by atoms with Crippen LogP contribution in [0.5, 0.6) is 0 Å². The van der Waals surface area contributed by atoms with Gasteiger partial charge in [0.2, 0.25) is 5.91 Å². The molecule has 22 heavy (non-hydrogen) atoms. The number of carbonyl (C=O) groups is 1. The van der Waals surface area contributed by atoms with Crippen LogP contribution in [0.2, 0.25) is 5.02 Å². The van der Waals surface area contributed by atoms with Crippen molar-refractivity contribution >= 4 is 23.3 Å². The van der Waals surface area contributed by atoms with Crippen LogP contribution in [0, 0.1) is 0 Å². The molecule has 1 atom stereocenters. The number of nitrogens with zero attached hydrogens (tertiary/aromatic N) is 2. The Balaban J connectivity index is 1.57. The Labute approximate surface area is 134 Å². The van der Waals surface area contributed by atoms with E-state index in [-0.39, 0.29) is 18.2 Å². The fourth-order valence-corrected chi connectivity index (χ4v) is 3.05. The van der Waals surface area contributed by atoms with Gasteiger partial charge in [-0.3, -0.25) is 9.69 Å². The number of likely N-dealkylation sites (tertiary alicyclic amines) is 1. The number of rotatable bonds is 4. The molecule has 3 heterocycles. The highest BCUT2D eigenvalue weighted by Gasteiger charge is 2.34. The highest BCUT2D eigenvalue weighted by atomic mass is 35.5. The van der Waals surface area contributed by atoms with E-state index in [2.05, 4.69) is 15.2 Å². The Morgan fingerprint density at radius 3 is 2.91 bits per heavy atom. The number of amides is 1. The molecule has 1 N–H and O–H groups in total. The molecule has 2 aliphatic heterocycles. The number of aromatic nitrogens is 1. The quantitative estimate of drug-likeness (QED) is 0.916. The van der Waals surface area contributed by atoms with Crippen molar-refractivity contribution in [3.63, 3.8) is 0 Å². The van der Waals surface area contributed by atoms with E-state index >= 15 is 0 Å². The summed E-state index contributed by atoms with van der Waals surface area (Å²) < 4.78 is 11.2. The molecule has 1 aromatic heterocycles. The zero-order valence-electron chi connectivity index (χ0n) is 12.3. The highest BCUT2D eigenvalue weighted by molar-refractivity contribution is 6.30. The van der Waals surface area contributed by atoms with Gasteiger partial charge >= 0.3 is 0 Å². The Morgan fingerprint density at radius 1 is 1.36 bits per heavy atom. The molecule has 6 nitrogen and oxygen atoms in total. The van der Waals surface area contributed by atoms with Crippen molar-refractivity contribution in [1.82, 2.24) is 9.88 Å². The molecule has 0 saturated carbocycles. The van der Waals surface area contributed by atoms with E-state index in [0.717, 1.165) is 25.8 Å². The summed E-state index contributed by atoms with van der Waals surface area (Å²) in [5.41, 5.74) is 0. The van der Waals surface area contributed by atoms with Crippen LogP contribution in [0.25, 0.3) is 0 Å². The molecular formula is C15H20ClN3O3. The van der Waals surface area contributed by atoms with Crippen LogP contribution in [0.4, 0.5) is 5.82 Å². The molecule has 2 saturated heterocycles. The summed E-state index contributed by atoms with van der Waals surface area (Å²) in [4.78, 5) is 18.4. The lowest BCUT2D eigenvalue weighted by Gasteiger charge is -2.37. The monoisotopic (exact) mass is 325 g/mol. The van der Waals surface area contributed by atoms with Crippen LogP contribution in [-0.4, -0.2) is 54.4 Å². The molecule has 3 rings (SSSR count). The fourth-order valence-electron chi connectivity index (χ4n) is 2.94. The van der Waals surface area contributed by atoms with Crippen LogP contribution >= 0.6 is 11.6 Å². The van der Waals surface area contributed by atoms with Crippen LogP contribution in [0.15, 0.2) is 18.3 Å². The molecule has 1 amide bonds. The minimum atomic E-state index is -0.207. The second-order valence-corrected chi connectivity index (χ2v) is 5.99. The molecule has 1 aromatic rings. The number of ether oxygens (including phenoxy) is 2. The zero-order chi connectivity index (χ0) is 15.4. The van der Waals surface area contributed by atoms with Gasteiger partial charge in [-0.25, -0.2) is 4.98 Å². The topological polar surface area (TPSA) is 63.7 Å². The smallest absolute Gasteiger partial charge is 0.239 e. The summed E-state index contributed by atoms with van der Waals surface area (Å²) in [5, 5.41) is 3.34. The van der Waals surface area contributed by atoms with Gasteiger partial charge in [-0.1, -0.05) is 18.0 Å². The van der Waals surface area contributed by atoms with Gasteiger partial charge in [0.25, 0.3) is 0 Å². The maximum atomic E-state index is 12.2. The van der Waals surface area contributed by atoms with E-state index in [9.17, 15) is 4.79 Å². The maximum Gasteiger partial charge on any atom is 0.239 e. The maximum absolute atomic E-state index is 12.2. The first-order valence-electron chi connectivity index (χ1n) is 7.61. The van der Waals surface area contributed by atoms with Gasteiger partial charge in [0.05, 0.1) is 30.8 Å². The summed E-state index contributed by atoms with van der Waals surface area (Å²) in [7, 11) is 0. The molecule has 0 aliphatic carbocycles. The van der Waals surface area contributed by atoms with Crippen molar-refractivity contribution in [3.05, 3.63) is 23.4 Å². The Kier molecular flexibility index (Phi) is 5.25. The van der Waals surface area contributed by atoms with Gasteiger partial charge in [0.15, 0.2) is 6.29 Å². The first-order chi connectivity index (χ1) is 10.7. The van der Waals surface area contributed by atoms with Crippen molar-refractivity contribution in [1.29, 1.82) is 0 Å². The van der Waals surface area contributed by atoms with E-state index in [0.29, 0.717) is 30.6 Å². The average Bonchev–Trinajstić information content (AvgIpc) is 3.04. The third-order valence-corrected chi connectivity index (χ3v) is 4.19. The lowest BCUT2D eigenvalue weighted by atomic mass is 10.0. The number of anilines is 1. The molecule has 2 aliphatic rings. The number of carbonyl (C=O) groups excluding carboxylic acids is 1. The van der Waals surface area contributed by atoms with E-state index in [1.165, 1.54) is 6.20 Å². The van der Waals surface area contributed by atoms with Crippen molar-refractivity contribution in [2.75, 3.05) is 31.6 Å². The number of hydrogen-bond donors (Lipinski definition) is 1. The van der Waals surface area contributed by atoms with Gasteiger partial charge < -0.3 is 14.8 Å². The number of piperidine rings is 1. The highest BCUT2D eigenvalue weighted by Crippen LogP contribution is 2.24. The molecule has 2 fully saturated rings. The summed E-state index contributed by atoms with van der Waals surface area (Å²) >= 11 is 5.78. The van der Waals surface area contributed by atoms with Crippen molar-refractivity contribution in [3.8, 4) is 0 Å². The van der Waals surface area contributed by atoms with E-state index in [4.69, 9.17) is 21.1 Å². The van der Waals surface area contributed by atoms with E-state index < -0.39 is 0 Å². The van der Waals surface area contributed by atoms with Crippen LogP contribution in [0.1, 0.15) is 19.3 Å². The third-order valence-electron chi connectivity index (χ3n) is 3.97. The Hall–Kier alpha value is -1.21. The van der Waals surface area contributed by atoms with Gasteiger partial charge in [0.1, 0.15) is 5.82 Å². The lowest BCUT2D eigenvalue weighted by molar-refractivity contribution is -0.127. The van der Waals surface area contributed by atoms with Crippen molar-refractivity contribution < 1.29 is 14.3 Å². The first kappa shape index (κ1) is 15.7. The summed E-state index contributed by atoms with van der Waals surface area (Å²) in [6.07, 6.45) is 4.54. The SMILES string of the molecule is O=C(CN1CCCCC1C1OCCO1)Nc1ccc(Cl)cn1. The number of halogens is 1. The molecule has 120 valence electrons. The molecule has 7 heteroatoms. The molecule has 0 aromatic carbocycles. The predicted octanol–water partition coefficient (Wildman–Crippen LogP) is 1.90. The summed E-state index contributed by atoms with van der Waals surface area (Å²) in [6.45, 7) is 2.47. The second kappa shape index (κ2) is 7.37. The zero-order valence-corrected chi connectivity index (χ0v) is 13.1. The summed E-state index contributed by atoms with van der Waals surface area (Å²) in [5.74, 6) is 0.427. The van der Waals surface area contributed by atoms with Gasteiger partial charge in [0, 0.05) is 6.20 Å². The molecule has 0 spiro atoms. The van der Waals surface area contributed by atoms with Gasteiger partial charge in [-0.2, -0.15) is 0 Å². The second-order valence-electron chi connectivity index (χ2n) is 5.55. The van der Waals surface area contributed by atoms with Crippen molar-refractivity contribution in [2.45, 2.75) is 31.6 Å². The molecular weight excluding hydrogens is 306 g/mol. The standard InChI is InChI=1S/C15H20ClN3O3/c16-11-4-5-13(17-9-11)18-14(20)10-19-6-2-1-3-12(19)15-21-7-8-22-15/h4-5,9,12,15H,1-3,6-8,10H2,(H,17,18,20). The van der Waals surface area contributed by atoms with Crippen molar-refractivity contribution in [2.24, 2.45) is 0 Å². The summed E-state index contributed by atoms with van der Waals surface area (Å²) in [6, 6.07) is 3.55. The Bertz CT molecular complexity index is 505. The molecule has 1 unspecified atom stereocenters. The van der Waals surface area contributed by atoms with Crippen LogP contribution in [0.3, 0.4) is 0 Å². The fraction of sp³-hybridized carbons (Fsp3) is 0.600. The van der Waals surface area contributed by atoms with Crippen LogP contribution < -0.4 is 5.32 Å². The first-order valence-corrected chi connectivity index (χ1v) is 7.99. The number of pyridine rings is 1. The normalized spacial score (nSPS) is 23.6. The minimum absolute atomic E-state index is 0.0836. The molecule has 0 bridgehead atoms. The number of nitrogens with one attached hydrogen (secondary N) is 1. The lowest BCUT2D eigenvalue weighted by Crippen LogP contribution is -2.50. The Morgan fingerprint density at radius 2 is 2.18 bits per heavy atom. The number of hydrogen-bond acceptors (Lipinski definition) is 5. The van der Waals surface area contributed by atoms with Gasteiger partial charge in [-0.15, -0.1) is 0 Å². The van der Waals surface area contributed by atoms with E-state index in [1.54, 1.807) is 12.1 Å². The van der Waals surface area contributed by atoms with Gasteiger partial charge in [-0.05, 0) is 31.5 Å². The largest absolute Gasteiger partial charge is 0.349 e. The average molecular weight is 326 g/mol.